The van der Waals surface area contributed by atoms with Crippen LogP contribution in [0, 0.1) is 23.7 Å². The molecule has 0 bridgehead atoms. The number of benzene rings is 3. The number of carbonyl (C=O) groups excluding carboxylic acids is 6. The van der Waals surface area contributed by atoms with Crippen molar-refractivity contribution in [1.82, 2.24) is 50.6 Å². The predicted molar refractivity (Wildman–Crippen MR) is 304 cm³/mol. The maximum atomic E-state index is 14.7. The number of nitrogen functional groups attached to an aromatic ring is 1. The summed E-state index contributed by atoms with van der Waals surface area (Å²) in [6, 6.07) is 18.9. The van der Waals surface area contributed by atoms with Crippen LogP contribution in [0.15, 0.2) is 78.9 Å². The molecule has 0 radical (unpaired) electrons. The van der Waals surface area contributed by atoms with Gasteiger partial charge in [-0.3, -0.25) is 24.1 Å². The molecule has 2 heterocycles. The lowest BCUT2D eigenvalue weighted by Crippen LogP contribution is -2.60. The quantitative estimate of drug-likeness (QED) is 0.0468. The third kappa shape index (κ3) is 17.1. The summed E-state index contributed by atoms with van der Waals surface area (Å²) in [4.78, 5) is 89.8. The van der Waals surface area contributed by atoms with E-state index in [0.29, 0.717) is 54.0 Å². The zero-order chi connectivity index (χ0) is 59.7. The Balaban J connectivity index is 1.18. The Kier molecular flexibility index (Phi) is 24.3. The van der Waals surface area contributed by atoms with E-state index < -0.39 is 84.4 Å². The Morgan fingerprint density at radius 3 is 2.04 bits per heavy atom. The minimum Gasteiger partial charge on any atom is -0.445 e. The zero-order valence-electron chi connectivity index (χ0n) is 49.3. The van der Waals surface area contributed by atoms with Crippen molar-refractivity contribution in [3.8, 4) is 17.1 Å². The highest BCUT2D eigenvalue weighted by molar-refractivity contribution is 5.92. The Morgan fingerprint density at radius 2 is 1.46 bits per heavy atom. The van der Waals surface area contributed by atoms with Crippen LogP contribution in [0.1, 0.15) is 111 Å². The largest absolute Gasteiger partial charge is 0.445 e. The maximum absolute atomic E-state index is 14.7. The second-order valence-electron chi connectivity index (χ2n) is 21.6. The molecule has 1 fully saturated rings. The average Bonchev–Trinajstić information content (AvgIpc) is 4.02. The van der Waals surface area contributed by atoms with E-state index in [1.54, 1.807) is 112 Å². The van der Waals surface area contributed by atoms with Gasteiger partial charge < -0.3 is 55.1 Å². The summed E-state index contributed by atoms with van der Waals surface area (Å²) in [6.45, 7) is 17.1. The number of ether oxygens (including phenoxy) is 4. The number of anilines is 1. The number of nitrogens with one attached hydrogen (secondary N) is 2. The van der Waals surface area contributed by atoms with E-state index in [2.05, 4.69) is 31.0 Å². The first-order valence-electron chi connectivity index (χ1n) is 27.9. The van der Waals surface area contributed by atoms with Crippen LogP contribution in [0.5, 0.6) is 5.75 Å². The van der Waals surface area contributed by atoms with Gasteiger partial charge in [0.05, 0.1) is 55.3 Å². The first-order chi connectivity index (χ1) is 38.5. The molecule has 4 aromatic rings. The van der Waals surface area contributed by atoms with Gasteiger partial charge in [-0.2, -0.15) is 0 Å². The van der Waals surface area contributed by atoms with Crippen LogP contribution >= 0.6 is 0 Å². The monoisotopic (exact) mass is 1120 g/mol. The summed E-state index contributed by atoms with van der Waals surface area (Å²) in [5.41, 5.74) is 8.34. The number of hydrogen-bond acceptors (Lipinski definition) is 16. The van der Waals surface area contributed by atoms with Gasteiger partial charge >= 0.3 is 12.2 Å². The number of aliphatic hydroxyl groups excluding tert-OH is 1. The lowest BCUT2D eigenvalue weighted by molar-refractivity contribution is -0.148. The molecule has 1 aliphatic heterocycles. The highest BCUT2D eigenvalue weighted by Gasteiger charge is 2.44. The number of aliphatic hydroxyl groups is 1. The molecule has 1 saturated heterocycles. The summed E-state index contributed by atoms with van der Waals surface area (Å²) in [5.74, 6) is -2.31. The van der Waals surface area contributed by atoms with Crippen molar-refractivity contribution < 1.29 is 52.8 Å². The van der Waals surface area contributed by atoms with Crippen LogP contribution in [-0.4, -0.2) is 165 Å². The average molecular weight is 1120 g/mol. The van der Waals surface area contributed by atoms with Gasteiger partial charge in [0.15, 0.2) is 5.82 Å². The van der Waals surface area contributed by atoms with Gasteiger partial charge in [-0.15, -0.1) is 20.4 Å². The van der Waals surface area contributed by atoms with Crippen LogP contribution in [0.2, 0.25) is 0 Å². The number of likely N-dealkylation sites (tertiary alicyclic amines) is 1. The number of amides is 6. The second-order valence-corrected chi connectivity index (χ2v) is 21.6. The smallest absolute Gasteiger partial charge is 0.415 e. The summed E-state index contributed by atoms with van der Waals surface area (Å²) in [5, 5.41) is 33.3. The molecule has 1 aliphatic rings. The second kappa shape index (κ2) is 30.5. The number of hydrogen-bond donors (Lipinski definition) is 4. The lowest BCUT2D eigenvalue weighted by atomic mass is 9.89. The number of nitrogens with zero attached hydrogens (tertiary/aromatic N) is 8. The van der Waals surface area contributed by atoms with Crippen molar-refractivity contribution in [3.63, 3.8) is 0 Å². The van der Waals surface area contributed by atoms with Crippen molar-refractivity contribution in [2.45, 2.75) is 150 Å². The summed E-state index contributed by atoms with van der Waals surface area (Å²) >= 11 is 0. The number of methoxy groups -OCH3 is 2. The molecule has 0 spiro atoms. The minimum atomic E-state index is -1.03. The van der Waals surface area contributed by atoms with E-state index >= 15 is 0 Å². The normalized spacial score (nSPS) is 16.7. The first-order valence-corrected chi connectivity index (χ1v) is 27.9. The van der Waals surface area contributed by atoms with Gasteiger partial charge in [0.1, 0.15) is 24.4 Å². The predicted octanol–water partition coefficient (Wildman–Crippen LogP) is 6.43. The molecule has 0 saturated carbocycles. The van der Waals surface area contributed by atoms with Crippen molar-refractivity contribution in [2.24, 2.45) is 23.7 Å². The molecular weight excluding hydrogens is 1040 g/mol. The fourth-order valence-electron chi connectivity index (χ4n) is 10.3. The van der Waals surface area contributed by atoms with Gasteiger partial charge in [-0.05, 0) is 79.8 Å². The van der Waals surface area contributed by atoms with Crippen LogP contribution in [0.4, 0.5) is 15.3 Å². The zero-order valence-corrected chi connectivity index (χ0v) is 49.3. The summed E-state index contributed by atoms with van der Waals surface area (Å²) in [6.07, 6.45) is -1.85. The van der Waals surface area contributed by atoms with Crippen LogP contribution in [-0.2, 0) is 46.5 Å². The van der Waals surface area contributed by atoms with Crippen molar-refractivity contribution >= 4 is 41.5 Å². The van der Waals surface area contributed by atoms with Gasteiger partial charge in [0.2, 0.25) is 29.5 Å². The molecule has 0 aliphatic carbocycles. The molecule has 6 amide bonds. The fourth-order valence-corrected chi connectivity index (χ4v) is 10.3. The van der Waals surface area contributed by atoms with E-state index in [1.807, 2.05) is 45.9 Å². The number of likely N-dealkylation sites (N-methyl/N-ethyl adjacent to an activating group) is 2. The van der Waals surface area contributed by atoms with E-state index in [9.17, 15) is 33.9 Å². The Hall–Kier alpha value is -7.30. The standard InChI is InChI=1S/C59H85N11O11/c1-14-37(7)51(46(78-12)32-48(71)70-30-20-25-45(70)53(79-13)38(8)55(73)61-39(9)52(72)41-21-17-16-18-22-41)67(10)57(75)49(35(3)4)62-56(74)50(36(5)6)68(11)58(76)80-34-40-26-28-44(29-27-40)81-59(77)69(15-2)33-47-63-65-54(66-64-47)42-23-19-24-43(60)31-42/h16-19,21-24,26-29,31,35-39,45-46,49-53,72H,14-15,20,25,30,32-34,60H2,1-13H3,(H,61,73)(H,62,74)/t37-,38+,39+,45-,46+,49-,50-,51-,52+,53+/m0/s1. The molecule has 22 nitrogen and oxygen atoms in total. The molecule has 3 aromatic carbocycles. The molecule has 10 atom stereocenters. The van der Waals surface area contributed by atoms with E-state index in [0.717, 1.165) is 0 Å². The highest BCUT2D eigenvalue weighted by Crippen LogP contribution is 2.31. The Bertz CT molecular complexity index is 2680. The van der Waals surface area contributed by atoms with Gasteiger partial charge in [0, 0.05) is 52.7 Å². The topological polar surface area (TPSA) is 274 Å². The maximum Gasteiger partial charge on any atom is 0.415 e. The Labute approximate surface area is 476 Å². The van der Waals surface area contributed by atoms with Gasteiger partial charge in [0.25, 0.3) is 0 Å². The van der Waals surface area contributed by atoms with Crippen LogP contribution in [0.25, 0.3) is 11.4 Å². The summed E-state index contributed by atoms with van der Waals surface area (Å²) in [7, 11) is 6.16. The van der Waals surface area contributed by atoms with Gasteiger partial charge in [-0.1, -0.05) is 109 Å². The van der Waals surface area contributed by atoms with Crippen LogP contribution < -0.4 is 21.1 Å². The Morgan fingerprint density at radius 1 is 0.790 bits per heavy atom. The van der Waals surface area contributed by atoms with Crippen LogP contribution in [0.3, 0.4) is 0 Å². The minimum absolute atomic E-state index is 0.000852. The van der Waals surface area contributed by atoms with Gasteiger partial charge in [-0.25, -0.2) is 9.59 Å². The summed E-state index contributed by atoms with van der Waals surface area (Å²) < 4.78 is 23.3. The SMILES string of the molecule is CC[C@H](C)[C@@H]([C@@H](CC(=O)N1CCC[C@H]1[C@H](OC)[C@@H](C)C(=O)N[C@H](C)[C@@H](O)c1ccccc1)OC)N(C)C(=O)[C@@H](NC(=O)[C@H](C(C)C)N(C)C(=O)OCc1ccc(OC(=O)N(CC)Cc2nnc(-c3cccc(N)c3)nn2)cc1)C(C)C. The number of nitrogens with two attached hydrogens (primary N) is 1. The molecule has 81 heavy (non-hydrogen) atoms. The molecule has 442 valence electrons. The van der Waals surface area contributed by atoms with E-state index in [4.69, 9.17) is 24.7 Å². The highest BCUT2D eigenvalue weighted by atomic mass is 16.6. The van der Waals surface area contributed by atoms with Crippen molar-refractivity contribution in [1.29, 1.82) is 0 Å². The molecule has 5 N–H and O–H groups in total. The first kappa shape index (κ1) is 64.5. The van der Waals surface area contributed by atoms with Crippen molar-refractivity contribution in [2.75, 3.05) is 47.1 Å². The number of carbonyl (C=O) groups is 6. The third-order valence-corrected chi connectivity index (χ3v) is 15.2. The number of rotatable bonds is 27. The van der Waals surface area contributed by atoms with E-state index in [1.165, 1.54) is 31.1 Å². The lowest BCUT2D eigenvalue weighted by Gasteiger charge is -2.41. The van der Waals surface area contributed by atoms with Crippen molar-refractivity contribution in [3.05, 3.63) is 95.8 Å². The molecule has 22 heteroatoms. The third-order valence-electron chi connectivity index (χ3n) is 15.2. The molecule has 5 rings (SSSR count). The molecule has 1 aromatic heterocycles. The van der Waals surface area contributed by atoms with E-state index in [-0.39, 0.29) is 61.3 Å². The molecular formula is C59H85N11O11. The fraction of sp³-hybridized carbons (Fsp3) is 0.559. The molecule has 0 unspecified atom stereocenters. The number of aromatic nitrogens is 4.